The number of hydrogen-bond acceptors (Lipinski definition) is 5. The van der Waals surface area contributed by atoms with E-state index in [1.54, 1.807) is 19.3 Å². The third-order valence-electron chi connectivity index (χ3n) is 1.64. The maximum Gasteiger partial charge on any atom is 0.225 e. The maximum absolute atomic E-state index is 5.43. The molecule has 1 aromatic rings. The van der Waals surface area contributed by atoms with Gasteiger partial charge in [-0.25, -0.2) is 4.98 Å². The van der Waals surface area contributed by atoms with E-state index in [0.29, 0.717) is 18.4 Å². The van der Waals surface area contributed by atoms with Gasteiger partial charge < -0.3 is 15.0 Å². The normalized spacial score (nSPS) is 9.38. The van der Waals surface area contributed by atoms with Crippen LogP contribution in [0.5, 0.6) is 5.88 Å². The maximum atomic E-state index is 5.43. The zero-order valence-electron chi connectivity index (χ0n) is 10.8. The van der Waals surface area contributed by atoms with E-state index >= 15 is 0 Å². The smallest absolute Gasteiger partial charge is 0.225 e. The Hall–Kier alpha value is -1.36. The molecular formula is C11H22N4O. The number of nitrogens with zero attached hydrogens (tertiary/aromatic N) is 3. The summed E-state index contributed by atoms with van der Waals surface area (Å²) in [7, 11) is 5.78. The molecule has 92 valence electrons. The summed E-state index contributed by atoms with van der Waals surface area (Å²) in [6, 6.07) is 1.75. The van der Waals surface area contributed by atoms with Crippen LogP contribution >= 0.6 is 0 Å². The molecule has 5 nitrogen and oxygen atoms in total. The van der Waals surface area contributed by atoms with Crippen LogP contribution in [0.2, 0.25) is 0 Å². The van der Waals surface area contributed by atoms with Gasteiger partial charge in [0.15, 0.2) is 0 Å². The summed E-state index contributed by atoms with van der Waals surface area (Å²) in [5.74, 6) is 1.18. The molecule has 0 unspecified atom stereocenters. The number of aromatic nitrogens is 2. The van der Waals surface area contributed by atoms with Crippen molar-refractivity contribution >= 4 is 5.95 Å². The van der Waals surface area contributed by atoms with Crippen molar-refractivity contribution in [2.45, 2.75) is 13.8 Å². The van der Waals surface area contributed by atoms with Crippen molar-refractivity contribution in [1.82, 2.24) is 14.9 Å². The van der Waals surface area contributed by atoms with Crippen molar-refractivity contribution in [1.29, 1.82) is 0 Å². The molecule has 0 atom stereocenters. The predicted molar refractivity (Wildman–Crippen MR) is 67.0 cm³/mol. The Morgan fingerprint density at radius 1 is 1.38 bits per heavy atom. The fourth-order valence-corrected chi connectivity index (χ4v) is 0.876. The largest absolute Gasteiger partial charge is 0.476 e. The molecule has 1 aromatic heterocycles. The molecule has 0 aromatic carbocycles. The molecule has 0 amide bonds. The van der Waals surface area contributed by atoms with Crippen molar-refractivity contribution in [3.8, 4) is 5.88 Å². The highest BCUT2D eigenvalue weighted by Gasteiger charge is 1.98. The standard InChI is InChI=1S/C9H16N4O.C2H6/c1-10-9-11-5-4-8(12-9)14-7-6-13(2)3;1-2/h4-5H,6-7H2,1-3H3,(H,10,11,12);1-2H3. The van der Waals surface area contributed by atoms with Crippen molar-refractivity contribution in [3.05, 3.63) is 12.3 Å². The molecule has 0 radical (unpaired) electrons. The molecule has 1 rings (SSSR count). The van der Waals surface area contributed by atoms with E-state index < -0.39 is 0 Å². The van der Waals surface area contributed by atoms with Crippen molar-refractivity contribution < 1.29 is 4.74 Å². The molecule has 1 N–H and O–H groups in total. The Kier molecular flexibility index (Phi) is 8.15. The molecule has 1 heterocycles. The topological polar surface area (TPSA) is 50.3 Å². The van der Waals surface area contributed by atoms with Crippen molar-refractivity contribution in [2.24, 2.45) is 0 Å². The quantitative estimate of drug-likeness (QED) is 0.824. The Labute approximate surface area is 97.9 Å². The van der Waals surface area contributed by atoms with Crippen LogP contribution in [0.3, 0.4) is 0 Å². The van der Waals surface area contributed by atoms with Gasteiger partial charge in [-0.05, 0) is 14.1 Å². The van der Waals surface area contributed by atoms with Crippen LogP contribution in [0.4, 0.5) is 5.95 Å². The second-order valence-electron chi connectivity index (χ2n) is 3.12. The summed E-state index contributed by atoms with van der Waals surface area (Å²) >= 11 is 0. The first-order chi connectivity index (χ1) is 7.72. The van der Waals surface area contributed by atoms with Gasteiger partial charge in [0, 0.05) is 25.9 Å². The highest BCUT2D eigenvalue weighted by molar-refractivity contribution is 5.25. The molecule has 0 saturated heterocycles. The third kappa shape index (κ3) is 6.19. The molecule has 0 fully saturated rings. The Morgan fingerprint density at radius 2 is 2.06 bits per heavy atom. The Balaban J connectivity index is 0.00000106. The molecule has 0 aliphatic carbocycles. The summed E-state index contributed by atoms with van der Waals surface area (Å²) in [4.78, 5) is 10.2. The predicted octanol–water partition coefficient (Wildman–Crippen LogP) is 1.48. The van der Waals surface area contributed by atoms with E-state index in [-0.39, 0.29) is 0 Å². The minimum atomic E-state index is 0.576. The summed E-state index contributed by atoms with van der Waals surface area (Å²) in [6.45, 7) is 5.51. The first-order valence-electron chi connectivity index (χ1n) is 5.50. The van der Waals surface area contributed by atoms with Gasteiger partial charge >= 0.3 is 0 Å². The van der Waals surface area contributed by atoms with Crippen LogP contribution in [0.15, 0.2) is 12.3 Å². The molecule has 0 spiro atoms. The van der Waals surface area contributed by atoms with Crippen LogP contribution in [-0.2, 0) is 0 Å². The Morgan fingerprint density at radius 3 is 2.62 bits per heavy atom. The highest BCUT2D eigenvalue weighted by Crippen LogP contribution is 2.07. The van der Waals surface area contributed by atoms with Crippen LogP contribution in [0.25, 0.3) is 0 Å². The highest BCUT2D eigenvalue weighted by atomic mass is 16.5. The van der Waals surface area contributed by atoms with E-state index in [9.17, 15) is 0 Å². The van der Waals surface area contributed by atoms with Crippen LogP contribution < -0.4 is 10.1 Å². The molecule has 16 heavy (non-hydrogen) atoms. The summed E-state index contributed by atoms with van der Waals surface area (Å²) < 4.78 is 5.43. The number of ether oxygens (including phenoxy) is 1. The first-order valence-corrected chi connectivity index (χ1v) is 5.50. The van der Waals surface area contributed by atoms with Crippen LogP contribution in [-0.4, -0.2) is 49.2 Å². The van der Waals surface area contributed by atoms with E-state index in [2.05, 4.69) is 20.2 Å². The molecule has 5 heteroatoms. The minimum Gasteiger partial charge on any atom is -0.476 e. The molecule has 0 aliphatic rings. The summed E-state index contributed by atoms with van der Waals surface area (Å²) in [6.07, 6.45) is 1.67. The minimum absolute atomic E-state index is 0.576. The lowest BCUT2D eigenvalue weighted by atomic mass is 10.6. The number of likely N-dealkylation sites (N-methyl/N-ethyl adjacent to an activating group) is 1. The second-order valence-corrected chi connectivity index (χ2v) is 3.12. The first kappa shape index (κ1) is 14.6. The van der Waals surface area contributed by atoms with Gasteiger partial charge in [-0.15, -0.1) is 0 Å². The summed E-state index contributed by atoms with van der Waals surface area (Å²) in [5, 5.41) is 2.85. The zero-order valence-corrected chi connectivity index (χ0v) is 10.8. The van der Waals surface area contributed by atoms with Gasteiger partial charge in [0.2, 0.25) is 11.8 Å². The number of anilines is 1. The van der Waals surface area contributed by atoms with Gasteiger partial charge in [-0.2, -0.15) is 4.98 Å². The molecule has 0 saturated carbocycles. The number of hydrogen-bond donors (Lipinski definition) is 1. The Bertz CT molecular complexity index is 278. The molecule has 0 aliphatic heterocycles. The number of rotatable bonds is 5. The summed E-state index contributed by atoms with van der Waals surface area (Å²) in [5.41, 5.74) is 0. The van der Waals surface area contributed by atoms with Crippen LogP contribution in [0, 0.1) is 0 Å². The van der Waals surface area contributed by atoms with Crippen LogP contribution in [0.1, 0.15) is 13.8 Å². The number of nitrogens with one attached hydrogen (secondary N) is 1. The fraction of sp³-hybridized carbons (Fsp3) is 0.636. The average Bonchev–Trinajstić information content (AvgIpc) is 2.31. The lowest BCUT2D eigenvalue weighted by Crippen LogP contribution is -2.19. The lowest BCUT2D eigenvalue weighted by Gasteiger charge is -2.10. The molecule has 0 bridgehead atoms. The van der Waals surface area contributed by atoms with E-state index in [4.69, 9.17) is 4.74 Å². The molecular weight excluding hydrogens is 204 g/mol. The second kappa shape index (κ2) is 8.91. The fourth-order valence-electron chi connectivity index (χ4n) is 0.876. The monoisotopic (exact) mass is 226 g/mol. The van der Waals surface area contributed by atoms with Gasteiger partial charge in [0.25, 0.3) is 0 Å². The van der Waals surface area contributed by atoms with Crippen molar-refractivity contribution in [3.63, 3.8) is 0 Å². The van der Waals surface area contributed by atoms with E-state index in [1.807, 2.05) is 27.9 Å². The third-order valence-corrected chi connectivity index (χ3v) is 1.64. The van der Waals surface area contributed by atoms with Gasteiger partial charge in [-0.3, -0.25) is 0 Å². The van der Waals surface area contributed by atoms with Gasteiger partial charge in [0.05, 0.1) is 0 Å². The van der Waals surface area contributed by atoms with Gasteiger partial charge in [-0.1, -0.05) is 13.8 Å². The average molecular weight is 226 g/mol. The lowest BCUT2D eigenvalue weighted by molar-refractivity contribution is 0.254. The SMILES string of the molecule is CC.CNc1nccc(OCCN(C)C)n1. The van der Waals surface area contributed by atoms with E-state index in [0.717, 1.165) is 6.54 Å². The van der Waals surface area contributed by atoms with Gasteiger partial charge in [0.1, 0.15) is 6.61 Å². The van der Waals surface area contributed by atoms with Crippen molar-refractivity contribution in [2.75, 3.05) is 39.6 Å². The zero-order chi connectivity index (χ0) is 12.4. The van der Waals surface area contributed by atoms with E-state index in [1.165, 1.54) is 0 Å².